The quantitative estimate of drug-likeness (QED) is 0.766. The summed E-state index contributed by atoms with van der Waals surface area (Å²) in [7, 11) is -3.71. The van der Waals surface area contributed by atoms with Crippen molar-refractivity contribution in [3.05, 3.63) is 53.1 Å². The topological polar surface area (TPSA) is 95.6 Å². The van der Waals surface area contributed by atoms with Crippen molar-refractivity contribution in [2.24, 2.45) is 0 Å². The minimum Gasteiger partial charge on any atom is -0.326 e. The van der Waals surface area contributed by atoms with Crippen molar-refractivity contribution in [1.82, 2.24) is 0 Å². The van der Waals surface area contributed by atoms with Gasteiger partial charge in [0.25, 0.3) is 0 Å². The summed E-state index contributed by atoms with van der Waals surface area (Å²) in [5, 5.41) is 5.61. The Hall–Kier alpha value is -2.58. The number of nitrogens with one attached hydrogen (secondary N) is 2. The fourth-order valence-electron chi connectivity index (χ4n) is 2.44. The van der Waals surface area contributed by atoms with Crippen LogP contribution in [0.2, 0.25) is 5.02 Å². The highest BCUT2D eigenvalue weighted by Gasteiger charge is 2.22. The first-order chi connectivity index (χ1) is 12.6. The number of rotatable bonds is 6. The molecule has 0 saturated carbocycles. The van der Waals surface area contributed by atoms with Crippen LogP contribution < -0.4 is 14.9 Å². The molecule has 2 N–H and O–H groups in total. The van der Waals surface area contributed by atoms with Gasteiger partial charge in [0.05, 0.1) is 11.9 Å². The normalized spacial score (nSPS) is 11.0. The predicted molar refractivity (Wildman–Crippen MR) is 108 cm³/mol. The number of halogens is 1. The van der Waals surface area contributed by atoms with Gasteiger partial charge in [-0.1, -0.05) is 23.7 Å². The van der Waals surface area contributed by atoms with Crippen LogP contribution in [0.4, 0.5) is 17.1 Å². The van der Waals surface area contributed by atoms with Gasteiger partial charge in [0.15, 0.2) is 0 Å². The van der Waals surface area contributed by atoms with Crippen LogP contribution in [0.15, 0.2) is 42.5 Å². The van der Waals surface area contributed by atoms with Gasteiger partial charge in [-0.2, -0.15) is 0 Å². The van der Waals surface area contributed by atoms with Gasteiger partial charge in [0.2, 0.25) is 21.8 Å². The number of amides is 2. The molecule has 0 aromatic heterocycles. The Balaban J connectivity index is 2.22. The van der Waals surface area contributed by atoms with Gasteiger partial charge in [0.1, 0.15) is 6.54 Å². The zero-order valence-electron chi connectivity index (χ0n) is 15.1. The monoisotopic (exact) mass is 409 g/mol. The van der Waals surface area contributed by atoms with Crippen molar-refractivity contribution in [2.75, 3.05) is 27.7 Å². The molecule has 0 spiro atoms. The van der Waals surface area contributed by atoms with Crippen molar-refractivity contribution < 1.29 is 18.0 Å². The van der Waals surface area contributed by atoms with E-state index in [0.29, 0.717) is 27.6 Å². The number of carbonyl (C=O) groups is 2. The highest BCUT2D eigenvalue weighted by molar-refractivity contribution is 7.92. The third-order valence-electron chi connectivity index (χ3n) is 3.59. The number of aryl methyl sites for hydroxylation is 1. The molecule has 144 valence electrons. The van der Waals surface area contributed by atoms with E-state index < -0.39 is 22.5 Å². The van der Waals surface area contributed by atoms with E-state index in [9.17, 15) is 18.0 Å². The fourth-order valence-corrected chi connectivity index (χ4v) is 3.51. The summed E-state index contributed by atoms with van der Waals surface area (Å²) < 4.78 is 25.4. The number of carbonyl (C=O) groups excluding carboxylic acids is 2. The second-order valence-corrected chi connectivity index (χ2v) is 8.35. The Morgan fingerprint density at radius 1 is 1.07 bits per heavy atom. The third kappa shape index (κ3) is 5.97. The first kappa shape index (κ1) is 20.7. The van der Waals surface area contributed by atoms with Crippen molar-refractivity contribution in [1.29, 1.82) is 0 Å². The summed E-state index contributed by atoms with van der Waals surface area (Å²) in [6.45, 7) is 2.70. The lowest BCUT2D eigenvalue weighted by Crippen LogP contribution is -2.37. The Kier molecular flexibility index (Phi) is 6.45. The molecule has 0 aliphatic heterocycles. The van der Waals surface area contributed by atoms with Gasteiger partial charge in [0, 0.05) is 23.3 Å². The minimum absolute atomic E-state index is 0.238. The maximum Gasteiger partial charge on any atom is 0.245 e. The molecule has 2 aromatic rings. The summed E-state index contributed by atoms with van der Waals surface area (Å²) in [5.74, 6) is -0.766. The highest BCUT2D eigenvalue weighted by atomic mass is 35.5. The molecule has 0 radical (unpaired) electrons. The molecule has 2 rings (SSSR count). The van der Waals surface area contributed by atoms with Crippen LogP contribution >= 0.6 is 11.6 Å². The average molecular weight is 410 g/mol. The maximum atomic E-state index is 12.4. The van der Waals surface area contributed by atoms with Gasteiger partial charge in [-0.05, 0) is 42.8 Å². The third-order valence-corrected chi connectivity index (χ3v) is 4.96. The minimum atomic E-state index is -3.71. The van der Waals surface area contributed by atoms with Gasteiger partial charge < -0.3 is 10.6 Å². The fraction of sp³-hybridized carbons (Fsp3) is 0.222. The molecule has 0 fully saturated rings. The predicted octanol–water partition coefficient (Wildman–Crippen LogP) is 3.01. The van der Waals surface area contributed by atoms with Gasteiger partial charge in [-0.3, -0.25) is 13.9 Å². The summed E-state index contributed by atoms with van der Waals surface area (Å²) in [5.41, 5.74) is 1.96. The Morgan fingerprint density at radius 2 is 1.70 bits per heavy atom. The number of anilines is 3. The number of benzene rings is 2. The van der Waals surface area contributed by atoms with Gasteiger partial charge >= 0.3 is 0 Å². The Morgan fingerprint density at radius 3 is 2.30 bits per heavy atom. The standard InChI is InChI=1S/C18H20ClN3O4S/c1-12-7-8-14(19)9-17(12)22(27(3,25)26)11-18(24)21-16-6-4-5-15(10-16)20-13(2)23/h4-10H,11H2,1-3H3,(H,20,23)(H,21,24). The van der Waals surface area contributed by atoms with E-state index in [1.54, 1.807) is 43.3 Å². The molecule has 0 bridgehead atoms. The SMILES string of the molecule is CC(=O)Nc1cccc(NC(=O)CN(c2cc(Cl)ccc2C)S(C)(=O)=O)c1. The van der Waals surface area contributed by atoms with Crippen molar-refractivity contribution in [2.45, 2.75) is 13.8 Å². The lowest BCUT2D eigenvalue weighted by atomic mass is 10.2. The molecule has 0 unspecified atom stereocenters. The lowest BCUT2D eigenvalue weighted by molar-refractivity contribution is -0.115. The van der Waals surface area contributed by atoms with Crippen molar-refractivity contribution in [3.63, 3.8) is 0 Å². The maximum absolute atomic E-state index is 12.4. The Labute approximate surface area is 163 Å². The van der Waals surface area contributed by atoms with Crippen LogP contribution in [-0.2, 0) is 19.6 Å². The van der Waals surface area contributed by atoms with E-state index in [0.717, 1.165) is 10.6 Å². The summed E-state index contributed by atoms with van der Waals surface area (Å²) in [6.07, 6.45) is 1.03. The largest absolute Gasteiger partial charge is 0.326 e. The highest BCUT2D eigenvalue weighted by Crippen LogP contribution is 2.26. The molecule has 0 saturated heterocycles. The molecule has 27 heavy (non-hydrogen) atoms. The van der Waals surface area contributed by atoms with Crippen LogP contribution in [-0.4, -0.2) is 33.0 Å². The molecule has 0 aliphatic rings. The summed E-state index contributed by atoms with van der Waals surface area (Å²) in [4.78, 5) is 23.6. The summed E-state index contributed by atoms with van der Waals surface area (Å²) in [6, 6.07) is 11.4. The first-order valence-electron chi connectivity index (χ1n) is 7.97. The molecule has 0 heterocycles. The van der Waals surface area contributed by atoms with E-state index in [1.165, 1.54) is 13.0 Å². The van der Waals surface area contributed by atoms with Crippen LogP contribution in [0.3, 0.4) is 0 Å². The Bertz CT molecular complexity index is 976. The van der Waals surface area contributed by atoms with Crippen LogP contribution in [0.1, 0.15) is 12.5 Å². The van der Waals surface area contributed by atoms with Crippen molar-refractivity contribution >= 4 is 50.5 Å². The van der Waals surface area contributed by atoms with E-state index in [4.69, 9.17) is 11.6 Å². The van der Waals surface area contributed by atoms with Gasteiger partial charge in [-0.15, -0.1) is 0 Å². The van der Waals surface area contributed by atoms with E-state index in [-0.39, 0.29) is 5.91 Å². The number of sulfonamides is 1. The second kappa shape index (κ2) is 8.41. The molecular weight excluding hydrogens is 390 g/mol. The van der Waals surface area contributed by atoms with Gasteiger partial charge in [-0.25, -0.2) is 8.42 Å². The molecule has 0 aliphatic carbocycles. The average Bonchev–Trinajstić information content (AvgIpc) is 2.54. The van der Waals surface area contributed by atoms with Crippen LogP contribution in [0, 0.1) is 6.92 Å². The smallest absolute Gasteiger partial charge is 0.245 e. The van der Waals surface area contributed by atoms with E-state index in [2.05, 4.69) is 10.6 Å². The molecule has 0 atom stereocenters. The zero-order chi connectivity index (χ0) is 20.2. The van der Waals surface area contributed by atoms with E-state index >= 15 is 0 Å². The number of nitrogens with zero attached hydrogens (tertiary/aromatic N) is 1. The van der Waals surface area contributed by atoms with Crippen LogP contribution in [0.5, 0.6) is 0 Å². The first-order valence-corrected chi connectivity index (χ1v) is 10.2. The number of hydrogen-bond acceptors (Lipinski definition) is 4. The second-order valence-electron chi connectivity index (χ2n) is 6.01. The van der Waals surface area contributed by atoms with Crippen LogP contribution in [0.25, 0.3) is 0 Å². The molecular formula is C18H20ClN3O4S. The van der Waals surface area contributed by atoms with E-state index in [1.807, 2.05) is 0 Å². The van der Waals surface area contributed by atoms with Crippen molar-refractivity contribution in [3.8, 4) is 0 Å². The zero-order valence-corrected chi connectivity index (χ0v) is 16.7. The lowest BCUT2D eigenvalue weighted by Gasteiger charge is -2.24. The number of hydrogen-bond donors (Lipinski definition) is 2. The molecule has 9 heteroatoms. The summed E-state index contributed by atoms with van der Waals surface area (Å²) >= 11 is 5.98. The molecule has 2 aromatic carbocycles. The molecule has 7 nitrogen and oxygen atoms in total. The molecule has 2 amide bonds.